The zero-order valence-electron chi connectivity index (χ0n) is 37.5. The molecule has 0 amide bonds. The topological polar surface area (TPSA) is 52.6 Å². The van der Waals surface area contributed by atoms with Gasteiger partial charge < -0.3 is 9.47 Å². The third-order valence-electron chi connectivity index (χ3n) is 13.9. The Kier molecular flexibility index (Phi) is 9.37. The lowest BCUT2D eigenvalue weighted by Gasteiger charge is -2.32. The van der Waals surface area contributed by atoms with Crippen LogP contribution in [-0.2, 0) is 35.3 Å². The van der Waals surface area contributed by atoms with Crippen LogP contribution in [0, 0.1) is 17.5 Å². The van der Waals surface area contributed by atoms with Crippen LogP contribution in [0.2, 0.25) is 0 Å². The summed E-state index contributed by atoms with van der Waals surface area (Å²) >= 11 is 0. The first-order chi connectivity index (χ1) is 30.8. The van der Waals surface area contributed by atoms with Crippen molar-refractivity contribution in [1.29, 1.82) is 0 Å². The molecule has 0 saturated carbocycles. The molecule has 10 rings (SSSR count). The van der Waals surface area contributed by atoms with E-state index in [1.807, 2.05) is 44.2 Å². The second-order valence-corrected chi connectivity index (χ2v) is 19.5. The zero-order valence-corrected chi connectivity index (χ0v) is 37.5. The van der Waals surface area contributed by atoms with Crippen molar-refractivity contribution in [2.45, 2.75) is 64.7 Å². The Morgan fingerprint density at radius 3 is 1.63 bits per heavy atom. The predicted molar refractivity (Wildman–Crippen MR) is 255 cm³/mol. The number of benzene rings is 8. The van der Waals surface area contributed by atoms with E-state index in [2.05, 4.69) is 101 Å². The lowest BCUT2D eigenvalue weighted by atomic mass is 9.77. The molecule has 65 heavy (non-hydrogen) atoms. The van der Waals surface area contributed by atoms with E-state index in [0.29, 0.717) is 11.1 Å². The standard InChI is InChI=1S/C58H47F3O4/c1-30(2)54(62)64-28-58(29-65-55(63)31(3)4)45-25-34(33-14-21-43-44(24-33)57(8,9)47-27-48(59)52(60)53(61)51(43)47)13-18-40(45)41-19-15-35(26-46(41)58)39-17-12-32-10-11-36-22-38(56(5,6)7)23-37-16-20-42(39)50(32)49(36)37/h10-27H,1,3,28-29H2,2,4-9H3. The largest absolute Gasteiger partial charge is 0.461 e. The first kappa shape index (κ1) is 42.0. The van der Waals surface area contributed by atoms with Crippen LogP contribution < -0.4 is 0 Å². The number of hydrogen-bond acceptors (Lipinski definition) is 4. The summed E-state index contributed by atoms with van der Waals surface area (Å²) < 4.78 is 56.8. The van der Waals surface area contributed by atoms with Gasteiger partial charge in [0.25, 0.3) is 0 Å². The summed E-state index contributed by atoms with van der Waals surface area (Å²) in [7, 11) is 0. The van der Waals surface area contributed by atoms with Crippen molar-refractivity contribution in [2.75, 3.05) is 13.2 Å². The number of fused-ring (bicyclic) bond motifs is 6. The van der Waals surface area contributed by atoms with E-state index >= 15 is 4.39 Å². The van der Waals surface area contributed by atoms with Gasteiger partial charge in [0.2, 0.25) is 0 Å². The van der Waals surface area contributed by atoms with E-state index in [1.54, 1.807) is 19.9 Å². The van der Waals surface area contributed by atoms with Gasteiger partial charge in [0.15, 0.2) is 17.5 Å². The lowest BCUT2D eigenvalue weighted by Crippen LogP contribution is -2.38. The van der Waals surface area contributed by atoms with Crippen LogP contribution in [0.4, 0.5) is 13.2 Å². The van der Waals surface area contributed by atoms with Gasteiger partial charge in [-0.1, -0.05) is 133 Å². The molecule has 8 aromatic carbocycles. The van der Waals surface area contributed by atoms with Crippen LogP contribution in [0.1, 0.15) is 76.3 Å². The van der Waals surface area contributed by atoms with E-state index in [9.17, 15) is 18.4 Å². The van der Waals surface area contributed by atoms with Gasteiger partial charge in [-0.25, -0.2) is 22.8 Å². The SMILES string of the molecule is C=C(C)C(=O)OCC1(COC(=O)C(=C)C)c2cc(-c3ccc4c(c3)C(C)(C)c3cc(F)c(F)c(F)c3-4)ccc2-c2ccc(-c3ccc4ccc5cc(C(C)(C)C)cc6ccc3c4c56)cc21. The molecule has 0 spiro atoms. The van der Waals surface area contributed by atoms with Gasteiger partial charge in [0.05, 0.1) is 5.41 Å². The molecular weight excluding hydrogens is 818 g/mol. The minimum atomic E-state index is -1.50. The summed E-state index contributed by atoms with van der Waals surface area (Å²) in [5, 5.41) is 7.01. The van der Waals surface area contributed by atoms with Crippen molar-refractivity contribution in [2.24, 2.45) is 0 Å². The minimum Gasteiger partial charge on any atom is -0.461 e. The van der Waals surface area contributed by atoms with Crippen molar-refractivity contribution in [3.05, 3.63) is 179 Å². The number of hydrogen-bond donors (Lipinski definition) is 0. The molecule has 324 valence electrons. The molecule has 0 radical (unpaired) electrons. The Morgan fingerprint density at radius 1 is 0.554 bits per heavy atom. The average molecular weight is 865 g/mol. The molecule has 2 aliphatic rings. The molecule has 0 aliphatic heterocycles. The van der Waals surface area contributed by atoms with Crippen LogP contribution in [0.5, 0.6) is 0 Å². The third kappa shape index (κ3) is 6.34. The van der Waals surface area contributed by atoms with Crippen molar-refractivity contribution < 1.29 is 32.2 Å². The van der Waals surface area contributed by atoms with Gasteiger partial charge in [0, 0.05) is 22.1 Å². The summed E-state index contributed by atoms with van der Waals surface area (Å²) in [5.41, 5.74) is 8.22. The molecule has 0 saturated heterocycles. The molecule has 8 aromatic rings. The molecule has 0 atom stereocenters. The van der Waals surface area contributed by atoms with Crippen LogP contribution in [0.3, 0.4) is 0 Å². The molecule has 0 aromatic heterocycles. The molecule has 2 aliphatic carbocycles. The third-order valence-corrected chi connectivity index (χ3v) is 13.9. The van der Waals surface area contributed by atoms with Gasteiger partial charge in [-0.05, 0) is 143 Å². The van der Waals surface area contributed by atoms with Gasteiger partial charge >= 0.3 is 11.9 Å². The molecule has 0 unspecified atom stereocenters. The highest BCUT2D eigenvalue weighted by Gasteiger charge is 2.47. The Bertz CT molecular complexity index is 3370. The van der Waals surface area contributed by atoms with Crippen LogP contribution in [0.15, 0.2) is 133 Å². The number of esters is 2. The number of rotatable bonds is 8. The molecular formula is C58H47F3O4. The molecule has 4 nitrogen and oxygen atoms in total. The Morgan fingerprint density at radius 2 is 1.05 bits per heavy atom. The van der Waals surface area contributed by atoms with E-state index in [1.165, 1.54) is 27.1 Å². The number of carbonyl (C=O) groups is 2. The highest BCUT2D eigenvalue weighted by Crippen LogP contribution is 2.54. The fourth-order valence-electron chi connectivity index (χ4n) is 10.3. The summed E-state index contributed by atoms with van der Waals surface area (Å²) in [6, 6.07) is 36.7. The first-order valence-corrected chi connectivity index (χ1v) is 21.8. The molecule has 0 bridgehead atoms. The first-order valence-electron chi connectivity index (χ1n) is 21.8. The summed E-state index contributed by atoms with van der Waals surface area (Å²) in [4.78, 5) is 26.6. The second-order valence-electron chi connectivity index (χ2n) is 19.5. The maximum atomic E-state index is 15.4. The molecule has 0 heterocycles. The van der Waals surface area contributed by atoms with Crippen molar-refractivity contribution in [3.63, 3.8) is 0 Å². The quantitative estimate of drug-likeness (QED) is 0.0661. The molecule has 7 heteroatoms. The number of ether oxygens (including phenoxy) is 2. The highest BCUT2D eigenvalue weighted by atomic mass is 19.2. The fourth-order valence-corrected chi connectivity index (χ4v) is 10.3. The van der Waals surface area contributed by atoms with Gasteiger partial charge in [-0.3, -0.25) is 0 Å². The van der Waals surface area contributed by atoms with Crippen LogP contribution >= 0.6 is 0 Å². The zero-order chi connectivity index (χ0) is 46.1. The molecule has 0 fully saturated rings. The van der Waals surface area contributed by atoms with E-state index in [0.717, 1.165) is 66.9 Å². The van der Waals surface area contributed by atoms with Crippen molar-refractivity contribution in [3.8, 4) is 44.5 Å². The number of halogens is 3. The minimum absolute atomic E-state index is 0.0166. The van der Waals surface area contributed by atoms with E-state index in [-0.39, 0.29) is 35.3 Å². The van der Waals surface area contributed by atoms with Gasteiger partial charge in [-0.2, -0.15) is 0 Å². The summed E-state index contributed by atoms with van der Waals surface area (Å²) in [6.07, 6.45) is 0. The summed E-state index contributed by atoms with van der Waals surface area (Å²) in [6.45, 7) is 20.9. The maximum Gasteiger partial charge on any atom is 0.333 e. The van der Waals surface area contributed by atoms with Crippen LogP contribution in [0.25, 0.3) is 76.8 Å². The van der Waals surface area contributed by atoms with Crippen LogP contribution in [-0.4, -0.2) is 25.2 Å². The highest BCUT2D eigenvalue weighted by molar-refractivity contribution is 6.25. The molecule has 0 N–H and O–H groups in total. The summed E-state index contributed by atoms with van der Waals surface area (Å²) in [5.74, 6) is -5.10. The van der Waals surface area contributed by atoms with Crippen molar-refractivity contribution >= 4 is 44.3 Å². The van der Waals surface area contributed by atoms with Crippen molar-refractivity contribution in [1.82, 2.24) is 0 Å². The Hall–Kier alpha value is -6.99. The smallest absolute Gasteiger partial charge is 0.333 e. The monoisotopic (exact) mass is 864 g/mol. The van der Waals surface area contributed by atoms with Gasteiger partial charge in [0.1, 0.15) is 13.2 Å². The fraction of sp³-hybridized carbons (Fsp3) is 0.207. The predicted octanol–water partition coefficient (Wildman–Crippen LogP) is 14.4. The maximum absolute atomic E-state index is 15.4. The van der Waals surface area contributed by atoms with E-state index in [4.69, 9.17) is 9.47 Å². The average Bonchev–Trinajstić information content (AvgIpc) is 3.68. The Balaban J connectivity index is 1.16. The normalized spacial score (nSPS) is 14.3. The second kappa shape index (κ2) is 14.5. The van der Waals surface area contributed by atoms with E-state index < -0.39 is 40.2 Å². The van der Waals surface area contributed by atoms with Gasteiger partial charge in [-0.15, -0.1) is 0 Å². The lowest BCUT2D eigenvalue weighted by molar-refractivity contribution is -0.144. The Labute approximate surface area is 376 Å². The number of carbonyl (C=O) groups excluding carboxylic acids is 2.